The van der Waals surface area contributed by atoms with Gasteiger partial charge in [0, 0.05) is 52.7 Å². The second kappa shape index (κ2) is 7.62. The zero-order valence-electron chi connectivity index (χ0n) is 17.0. The molecule has 4 aromatic rings. The molecule has 0 bridgehead atoms. The average molecular weight is 452 g/mol. The number of carbonyl (C=O) groups excluding carboxylic acids is 1. The van der Waals surface area contributed by atoms with Crippen molar-refractivity contribution < 1.29 is 4.79 Å². The maximum absolute atomic E-state index is 13.3. The molecule has 0 saturated heterocycles. The van der Waals surface area contributed by atoms with Crippen LogP contribution >= 0.6 is 23.2 Å². The smallest absolute Gasteiger partial charge is 0.254 e. The molecule has 1 aliphatic rings. The summed E-state index contributed by atoms with van der Waals surface area (Å²) in [6.07, 6.45) is 3.97. The lowest BCUT2D eigenvalue weighted by Gasteiger charge is -2.33. The predicted octanol–water partition coefficient (Wildman–Crippen LogP) is 5.10. The van der Waals surface area contributed by atoms with E-state index in [9.17, 15) is 4.79 Å². The molecule has 31 heavy (non-hydrogen) atoms. The molecule has 0 spiro atoms. The quantitative estimate of drug-likeness (QED) is 0.425. The zero-order chi connectivity index (χ0) is 21.7. The molecule has 1 amide bonds. The molecule has 0 N–H and O–H groups in total. The molecule has 156 valence electrons. The van der Waals surface area contributed by atoms with Crippen molar-refractivity contribution in [3.8, 4) is 11.3 Å². The summed E-state index contributed by atoms with van der Waals surface area (Å²) < 4.78 is 1.85. The van der Waals surface area contributed by atoms with E-state index in [1.807, 2.05) is 41.8 Å². The summed E-state index contributed by atoms with van der Waals surface area (Å²) in [7, 11) is 1.91. The lowest BCUT2D eigenvalue weighted by atomic mass is 9.95. The minimum atomic E-state index is -0.164. The van der Waals surface area contributed by atoms with Gasteiger partial charge in [-0.2, -0.15) is 5.10 Å². The first-order valence-corrected chi connectivity index (χ1v) is 10.7. The second-order valence-corrected chi connectivity index (χ2v) is 8.55. The first-order valence-electron chi connectivity index (χ1n) is 9.96. The van der Waals surface area contributed by atoms with Gasteiger partial charge in [-0.25, -0.2) is 0 Å². The number of nitrogens with zero attached hydrogens (tertiary/aromatic N) is 5. The van der Waals surface area contributed by atoms with E-state index in [2.05, 4.69) is 9.97 Å². The SMILES string of the molecule is C[C@H]1c2nn(C)c(-c3cc(Cl)cc(Cl)c3)c2CCN1C(=O)c1ccc2nccnc2c1. The van der Waals surface area contributed by atoms with Gasteiger partial charge in [0.2, 0.25) is 0 Å². The van der Waals surface area contributed by atoms with Gasteiger partial charge in [-0.15, -0.1) is 0 Å². The average Bonchev–Trinajstić information content (AvgIpc) is 3.09. The maximum Gasteiger partial charge on any atom is 0.254 e. The minimum absolute atomic E-state index is 0.0382. The van der Waals surface area contributed by atoms with E-state index < -0.39 is 0 Å². The summed E-state index contributed by atoms with van der Waals surface area (Å²) in [5.74, 6) is -0.0382. The second-order valence-electron chi connectivity index (χ2n) is 7.68. The molecule has 0 radical (unpaired) electrons. The van der Waals surface area contributed by atoms with E-state index in [0.29, 0.717) is 34.1 Å². The number of carbonyl (C=O) groups is 1. The van der Waals surface area contributed by atoms with Crippen LogP contribution in [0.3, 0.4) is 0 Å². The third kappa shape index (κ3) is 3.46. The first kappa shape index (κ1) is 20.0. The van der Waals surface area contributed by atoms with Crippen LogP contribution in [0.4, 0.5) is 0 Å². The van der Waals surface area contributed by atoms with Crippen molar-refractivity contribution in [3.63, 3.8) is 0 Å². The highest BCUT2D eigenvalue weighted by Gasteiger charge is 2.33. The third-order valence-corrected chi connectivity index (χ3v) is 6.19. The van der Waals surface area contributed by atoms with Gasteiger partial charge in [-0.1, -0.05) is 23.2 Å². The Labute approximate surface area is 189 Å². The van der Waals surface area contributed by atoms with Gasteiger partial charge in [0.05, 0.1) is 28.5 Å². The maximum atomic E-state index is 13.3. The largest absolute Gasteiger partial charge is 0.330 e. The number of aromatic nitrogens is 4. The predicted molar refractivity (Wildman–Crippen MR) is 121 cm³/mol. The Bertz CT molecular complexity index is 1310. The van der Waals surface area contributed by atoms with Crippen molar-refractivity contribution in [1.82, 2.24) is 24.6 Å². The summed E-state index contributed by atoms with van der Waals surface area (Å²) >= 11 is 12.5. The molecule has 8 heteroatoms. The molecule has 2 aromatic carbocycles. The van der Waals surface area contributed by atoms with E-state index in [1.165, 1.54) is 0 Å². The Balaban J connectivity index is 1.50. The number of aryl methyl sites for hydroxylation is 1. The fourth-order valence-corrected chi connectivity index (χ4v) is 4.86. The van der Waals surface area contributed by atoms with Crippen LogP contribution in [0, 0.1) is 0 Å². The van der Waals surface area contributed by atoms with Crippen molar-refractivity contribution in [2.75, 3.05) is 6.54 Å². The van der Waals surface area contributed by atoms with E-state index in [1.54, 1.807) is 30.6 Å². The summed E-state index contributed by atoms with van der Waals surface area (Å²) in [6, 6.07) is 10.8. The Morgan fingerprint density at radius 2 is 1.74 bits per heavy atom. The Morgan fingerprint density at radius 3 is 2.48 bits per heavy atom. The number of hydrogen-bond acceptors (Lipinski definition) is 4. The number of rotatable bonds is 2. The molecule has 6 nitrogen and oxygen atoms in total. The van der Waals surface area contributed by atoms with Crippen LogP contribution in [0.2, 0.25) is 10.0 Å². The number of hydrogen-bond donors (Lipinski definition) is 0. The van der Waals surface area contributed by atoms with Gasteiger partial charge in [-0.3, -0.25) is 19.4 Å². The van der Waals surface area contributed by atoms with Crippen LogP contribution in [0.25, 0.3) is 22.3 Å². The van der Waals surface area contributed by atoms with E-state index in [4.69, 9.17) is 28.3 Å². The lowest BCUT2D eigenvalue weighted by Crippen LogP contribution is -2.38. The van der Waals surface area contributed by atoms with Crippen molar-refractivity contribution in [3.05, 3.63) is 75.7 Å². The number of amides is 1. The van der Waals surface area contributed by atoms with Crippen LogP contribution in [0.15, 0.2) is 48.8 Å². The molecule has 0 unspecified atom stereocenters. The molecule has 0 fully saturated rings. The highest BCUT2D eigenvalue weighted by atomic mass is 35.5. The molecule has 0 aliphatic carbocycles. The van der Waals surface area contributed by atoms with Gasteiger partial charge in [0.15, 0.2) is 0 Å². The summed E-state index contributed by atoms with van der Waals surface area (Å²) in [5.41, 5.74) is 6.00. The lowest BCUT2D eigenvalue weighted by molar-refractivity contribution is 0.0674. The third-order valence-electron chi connectivity index (χ3n) is 5.76. The standard InChI is InChI=1S/C23H19Cl2N5O/c1-13-21-18(22(29(2)28-21)15-9-16(24)12-17(25)10-15)5-8-30(13)23(31)14-3-4-19-20(11-14)27-7-6-26-19/h3-4,6-7,9-13H,5,8H2,1-2H3/t13-/m0/s1. The zero-order valence-corrected chi connectivity index (χ0v) is 18.5. The Morgan fingerprint density at radius 1 is 1.03 bits per heavy atom. The van der Waals surface area contributed by atoms with Crippen molar-refractivity contribution in [1.29, 1.82) is 0 Å². The van der Waals surface area contributed by atoms with Gasteiger partial charge in [0.25, 0.3) is 5.91 Å². The van der Waals surface area contributed by atoms with Crippen LogP contribution < -0.4 is 0 Å². The van der Waals surface area contributed by atoms with Gasteiger partial charge in [0.1, 0.15) is 0 Å². The highest BCUT2D eigenvalue weighted by molar-refractivity contribution is 6.35. The molecule has 3 heterocycles. The number of halogens is 2. The van der Waals surface area contributed by atoms with E-state index in [0.717, 1.165) is 28.0 Å². The molecule has 2 aromatic heterocycles. The van der Waals surface area contributed by atoms with Crippen molar-refractivity contribution in [2.45, 2.75) is 19.4 Å². The van der Waals surface area contributed by atoms with Crippen LogP contribution in [-0.4, -0.2) is 37.1 Å². The monoisotopic (exact) mass is 451 g/mol. The first-order chi connectivity index (χ1) is 14.9. The fraction of sp³-hybridized carbons (Fsp3) is 0.217. The molecular weight excluding hydrogens is 433 g/mol. The molecule has 1 aliphatic heterocycles. The number of fused-ring (bicyclic) bond motifs is 2. The van der Waals surface area contributed by atoms with Gasteiger partial charge < -0.3 is 4.90 Å². The van der Waals surface area contributed by atoms with E-state index in [-0.39, 0.29) is 11.9 Å². The van der Waals surface area contributed by atoms with Crippen LogP contribution in [0.5, 0.6) is 0 Å². The molecule has 0 saturated carbocycles. The summed E-state index contributed by atoms with van der Waals surface area (Å²) in [6.45, 7) is 2.61. The molecular formula is C23H19Cl2N5O. The molecule has 5 rings (SSSR count). The molecule has 1 atom stereocenters. The van der Waals surface area contributed by atoms with Crippen LogP contribution in [-0.2, 0) is 13.5 Å². The Hall–Kier alpha value is -2.96. The minimum Gasteiger partial charge on any atom is -0.330 e. The summed E-state index contributed by atoms with van der Waals surface area (Å²) in [4.78, 5) is 23.8. The topological polar surface area (TPSA) is 63.9 Å². The highest BCUT2D eigenvalue weighted by Crippen LogP contribution is 2.37. The van der Waals surface area contributed by atoms with Crippen molar-refractivity contribution >= 4 is 40.1 Å². The van der Waals surface area contributed by atoms with Crippen LogP contribution in [0.1, 0.15) is 34.6 Å². The number of benzene rings is 2. The van der Waals surface area contributed by atoms with Gasteiger partial charge >= 0.3 is 0 Å². The van der Waals surface area contributed by atoms with Crippen molar-refractivity contribution in [2.24, 2.45) is 7.05 Å². The Kier molecular flexibility index (Phi) is 4.91. The van der Waals surface area contributed by atoms with E-state index >= 15 is 0 Å². The summed E-state index contributed by atoms with van der Waals surface area (Å²) in [5, 5.41) is 5.92. The van der Waals surface area contributed by atoms with Gasteiger partial charge in [-0.05, 0) is 49.7 Å². The normalized spacial score (nSPS) is 15.9. The fourth-order valence-electron chi connectivity index (χ4n) is 4.34.